The van der Waals surface area contributed by atoms with Crippen LogP contribution in [0.3, 0.4) is 0 Å². The lowest BCUT2D eigenvalue weighted by molar-refractivity contribution is -0.131. The maximum Gasteiger partial charge on any atom is 0.0650 e. The van der Waals surface area contributed by atoms with E-state index in [0.717, 1.165) is 5.92 Å². The van der Waals surface area contributed by atoms with Crippen LogP contribution in [0.5, 0.6) is 0 Å². The number of aliphatic hydroxyl groups is 1. The number of nitrogens with one attached hydrogen (secondary N) is 1. The fourth-order valence-electron chi connectivity index (χ4n) is 3.98. The van der Waals surface area contributed by atoms with Gasteiger partial charge >= 0.3 is 0 Å². The van der Waals surface area contributed by atoms with E-state index < -0.39 is 5.60 Å². The SMILES string of the molecule is CNC(C)(C)C1CC2CCC2(C(C)(C)O)C1. The average Bonchev–Trinajstić information content (AvgIpc) is 2.39. The van der Waals surface area contributed by atoms with Crippen molar-refractivity contribution in [3.05, 3.63) is 0 Å². The molecule has 0 aromatic rings. The second-order valence-electron chi connectivity index (χ2n) is 7.06. The van der Waals surface area contributed by atoms with E-state index in [1.54, 1.807) is 0 Å². The van der Waals surface area contributed by atoms with Crippen LogP contribution in [0.4, 0.5) is 0 Å². The second-order valence-corrected chi connectivity index (χ2v) is 7.06. The van der Waals surface area contributed by atoms with Gasteiger partial charge in [-0.1, -0.05) is 0 Å². The van der Waals surface area contributed by atoms with E-state index in [1.807, 2.05) is 13.8 Å². The average molecular weight is 225 g/mol. The molecule has 2 aliphatic carbocycles. The third-order valence-corrected chi connectivity index (χ3v) is 5.78. The molecular formula is C14H27NO. The first-order valence-electron chi connectivity index (χ1n) is 6.64. The monoisotopic (exact) mass is 225 g/mol. The van der Waals surface area contributed by atoms with E-state index in [2.05, 4.69) is 26.2 Å². The molecule has 2 heteroatoms. The quantitative estimate of drug-likeness (QED) is 0.773. The first-order valence-corrected chi connectivity index (χ1v) is 6.64. The van der Waals surface area contributed by atoms with Gasteiger partial charge in [0.2, 0.25) is 0 Å². The molecule has 2 rings (SSSR count). The first-order chi connectivity index (χ1) is 7.23. The highest BCUT2D eigenvalue weighted by Gasteiger charge is 2.61. The third kappa shape index (κ3) is 1.53. The molecule has 3 unspecified atom stereocenters. The largest absolute Gasteiger partial charge is 0.390 e. The van der Waals surface area contributed by atoms with Crippen molar-refractivity contribution in [1.82, 2.24) is 5.32 Å². The zero-order valence-electron chi connectivity index (χ0n) is 11.4. The van der Waals surface area contributed by atoms with Crippen molar-refractivity contribution in [2.75, 3.05) is 7.05 Å². The van der Waals surface area contributed by atoms with Crippen LogP contribution in [0.15, 0.2) is 0 Å². The fraction of sp³-hybridized carbons (Fsp3) is 1.00. The molecule has 2 saturated carbocycles. The molecule has 0 bridgehead atoms. The van der Waals surface area contributed by atoms with E-state index in [0.29, 0.717) is 5.92 Å². The van der Waals surface area contributed by atoms with Crippen molar-refractivity contribution in [3.8, 4) is 0 Å². The van der Waals surface area contributed by atoms with Gasteiger partial charge in [-0.15, -0.1) is 0 Å². The van der Waals surface area contributed by atoms with Gasteiger partial charge in [-0.05, 0) is 72.3 Å². The van der Waals surface area contributed by atoms with Crippen molar-refractivity contribution < 1.29 is 5.11 Å². The molecule has 0 heterocycles. The van der Waals surface area contributed by atoms with Crippen molar-refractivity contribution >= 4 is 0 Å². The highest BCUT2D eigenvalue weighted by Crippen LogP contribution is 2.65. The summed E-state index contributed by atoms with van der Waals surface area (Å²) >= 11 is 0. The topological polar surface area (TPSA) is 32.3 Å². The predicted octanol–water partition coefficient (Wildman–Crippen LogP) is 2.56. The third-order valence-electron chi connectivity index (χ3n) is 5.78. The molecule has 2 nitrogen and oxygen atoms in total. The minimum Gasteiger partial charge on any atom is -0.390 e. The Morgan fingerprint density at radius 2 is 1.88 bits per heavy atom. The molecule has 2 fully saturated rings. The smallest absolute Gasteiger partial charge is 0.0650 e. The standard InChI is InChI=1S/C14H27NO/c1-12(2,15-5)11-8-10-6-7-14(10,9-11)13(3,4)16/h10-11,15-16H,6-9H2,1-5H3. The Bertz CT molecular complexity index is 279. The van der Waals surface area contributed by atoms with Crippen LogP contribution in [0.1, 0.15) is 53.4 Å². The molecular weight excluding hydrogens is 198 g/mol. The van der Waals surface area contributed by atoms with Gasteiger partial charge in [-0.25, -0.2) is 0 Å². The van der Waals surface area contributed by atoms with Gasteiger partial charge in [-0.2, -0.15) is 0 Å². The summed E-state index contributed by atoms with van der Waals surface area (Å²) in [5.41, 5.74) is -0.0874. The Hall–Kier alpha value is -0.0800. The van der Waals surface area contributed by atoms with Crippen LogP contribution in [-0.2, 0) is 0 Å². The van der Waals surface area contributed by atoms with Gasteiger partial charge in [-0.3, -0.25) is 0 Å². The van der Waals surface area contributed by atoms with Crippen molar-refractivity contribution in [3.63, 3.8) is 0 Å². The summed E-state index contributed by atoms with van der Waals surface area (Å²) in [5, 5.41) is 13.9. The number of hydrogen-bond acceptors (Lipinski definition) is 2. The van der Waals surface area contributed by atoms with E-state index >= 15 is 0 Å². The van der Waals surface area contributed by atoms with Gasteiger partial charge in [0, 0.05) is 11.0 Å². The minimum atomic E-state index is -0.505. The van der Waals surface area contributed by atoms with Gasteiger partial charge in [0.15, 0.2) is 0 Å². The van der Waals surface area contributed by atoms with Crippen LogP contribution >= 0.6 is 0 Å². The summed E-state index contributed by atoms with van der Waals surface area (Å²) < 4.78 is 0. The molecule has 0 saturated heterocycles. The maximum absolute atomic E-state index is 10.4. The summed E-state index contributed by atoms with van der Waals surface area (Å²) in [6.45, 7) is 8.60. The fourth-order valence-corrected chi connectivity index (χ4v) is 3.98. The van der Waals surface area contributed by atoms with Crippen LogP contribution in [0, 0.1) is 17.3 Å². The minimum absolute atomic E-state index is 0.204. The normalized spacial score (nSPS) is 39.4. The molecule has 0 spiro atoms. The van der Waals surface area contributed by atoms with E-state index in [-0.39, 0.29) is 11.0 Å². The zero-order valence-corrected chi connectivity index (χ0v) is 11.4. The van der Waals surface area contributed by atoms with Gasteiger partial charge < -0.3 is 10.4 Å². The lowest BCUT2D eigenvalue weighted by Crippen LogP contribution is -2.52. The van der Waals surface area contributed by atoms with Gasteiger partial charge in [0.25, 0.3) is 0 Å². The summed E-state index contributed by atoms with van der Waals surface area (Å²) in [6, 6.07) is 0. The predicted molar refractivity (Wildman–Crippen MR) is 67.3 cm³/mol. The number of fused-ring (bicyclic) bond motifs is 1. The molecule has 94 valence electrons. The molecule has 0 aliphatic heterocycles. The van der Waals surface area contributed by atoms with Crippen LogP contribution in [0.2, 0.25) is 0 Å². The Morgan fingerprint density at radius 1 is 1.25 bits per heavy atom. The summed E-state index contributed by atoms with van der Waals surface area (Å²) in [7, 11) is 2.05. The lowest BCUT2D eigenvalue weighted by atomic mass is 9.54. The molecule has 0 aromatic carbocycles. The summed E-state index contributed by atoms with van der Waals surface area (Å²) in [6.07, 6.45) is 5.02. The molecule has 0 radical (unpaired) electrons. The molecule has 0 aromatic heterocycles. The number of hydrogen-bond donors (Lipinski definition) is 2. The van der Waals surface area contributed by atoms with Crippen LogP contribution in [0.25, 0.3) is 0 Å². The van der Waals surface area contributed by atoms with Gasteiger partial charge in [0.05, 0.1) is 5.60 Å². The highest BCUT2D eigenvalue weighted by atomic mass is 16.3. The Kier molecular flexibility index (Phi) is 2.67. The first kappa shape index (κ1) is 12.4. The molecule has 2 aliphatic rings. The highest BCUT2D eigenvalue weighted by molar-refractivity contribution is 5.12. The van der Waals surface area contributed by atoms with Crippen molar-refractivity contribution in [2.24, 2.45) is 17.3 Å². The van der Waals surface area contributed by atoms with Crippen molar-refractivity contribution in [1.29, 1.82) is 0 Å². The van der Waals surface area contributed by atoms with E-state index in [4.69, 9.17) is 0 Å². The second kappa shape index (κ2) is 3.46. The Labute approximate surface area is 99.8 Å². The summed E-state index contributed by atoms with van der Waals surface area (Å²) in [5.74, 6) is 1.46. The summed E-state index contributed by atoms with van der Waals surface area (Å²) in [4.78, 5) is 0. The maximum atomic E-state index is 10.4. The van der Waals surface area contributed by atoms with Crippen LogP contribution < -0.4 is 5.32 Å². The molecule has 2 N–H and O–H groups in total. The van der Waals surface area contributed by atoms with E-state index in [9.17, 15) is 5.11 Å². The zero-order chi connectivity index (χ0) is 12.2. The van der Waals surface area contributed by atoms with E-state index in [1.165, 1.54) is 25.7 Å². The molecule has 0 amide bonds. The Morgan fingerprint density at radius 3 is 2.19 bits per heavy atom. The van der Waals surface area contributed by atoms with Crippen LogP contribution in [-0.4, -0.2) is 23.3 Å². The molecule has 3 atom stereocenters. The van der Waals surface area contributed by atoms with Crippen molar-refractivity contribution in [2.45, 2.75) is 64.5 Å². The lowest BCUT2D eigenvalue weighted by Gasteiger charge is -2.53. The molecule has 16 heavy (non-hydrogen) atoms. The van der Waals surface area contributed by atoms with Gasteiger partial charge in [0.1, 0.15) is 0 Å². The number of rotatable bonds is 3. The Balaban J connectivity index is 2.18.